The minimum absolute atomic E-state index is 0.366. The standard InChI is InChI=1S/C18H17N3O2S/c22-16-7-8-21(18(23)20-16)10-17-19-15(11-24-17)14-6-5-12-3-1-2-4-13(12)9-14/h5-9,11H,1-4,10H2,(H,20,22,23). The van der Waals surface area contributed by atoms with E-state index in [2.05, 4.69) is 28.2 Å². The molecule has 6 heteroatoms. The average Bonchev–Trinajstić information content (AvgIpc) is 3.06. The lowest BCUT2D eigenvalue weighted by molar-refractivity contribution is 0.686. The van der Waals surface area contributed by atoms with Crippen LogP contribution < -0.4 is 11.2 Å². The van der Waals surface area contributed by atoms with E-state index < -0.39 is 5.69 Å². The molecule has 0 saturated heterocycles. The van der Waals surface area contributed by atoms with Gasteiger partial charge in [-0.1, -0.05) is 12.1 Å². The van der Waals surface area contributed by atoms with Crippen LogP contribution in [0, 0.1) is 0 Å². The Hall–Kier alpha value is -2.47. The van der Waals surface area contributed by atoms with Crippen LogP contribution in [0.2, 0.25) is 0 Å². The van der Waals surface area contributed by atoms with Crippen molar-refractivity contribution in [3.63, 3.8) is 0 Å². The molecule has 24 heavy (non-hydrogen) atoms. The topological polar surface area (TPSA) is 67.8 Å². The number of rotatable bonds is 3. The van der Waals surface area contributed by atoms with Gasteiger partial charge in [0.15, 0.2) is 0 Å². The predicted octanol–water partition coefficient (Wildman–Crippen LogP) is 2.59. The number of nitrogens with one attached hydrogen (secondary N) is 1. The predicted molar refractivity (Wildman–Crippen MR) is 94.6 cm³/mol. The number of aromatic amines is 1. The molecule has 0 fully saturated rings. The first-order valence-corrected chi connectivity index (χ1v) is 8.93. The van der Waals surface area contributed by atoms with Gasteiger partial charge in [-0.15, -0.1) is 11.3 Å². The van der Waals surface area contributed by atoms with Crippen molar-refractivity contribution in [3.8, 4) is 11.3 Å². The lowest BCUT2D eigenvalue weighted by Crippen LogP contribution is -2.28. The van der Waals surface area contributed by atoms with Gasteiger partial charge in [-0.05, 0) is 42.9 Å². The molecule has 0 bridgehead atoms. The van der Waals surface area contributed by atoms with E-state index in [0.29, 0.717) is 6.54 Å². The summed E-state index contributed by atoms with van der Waals surface area (Å²) in [6.45, 7) is 0.366. The van der Waals surface area contributed by atoms with Gasteiger partial charge in [0.05, 0.1) is 12.2 Å². The molecular weight excluding hydrogens is 322 g/mol. The average molecular weight is 339 g/mol. The fourth-order valence-electron chi connectivity index (χ4n) is 3.12. The van der Waals surface area contributed by atoms with Crippen molar-refractivity contribution in [2.75, 3.05) is 0 Å². The molecule has 1 aliphatic carbocycles. The maximum Gasteiger partial charge on any atom is 0.328 e. The minimum atomic E-state index is -0.409. The van der Waals surface area contributed by atoms with Crippen LogP contribution in [0.4, 0.5) is 0 Å². The van der Waals surface area contributed by atoms with E-state index in [1.165, 1.54) is 58.6 Å². The Morgan fingerprint density at radius 1 is 1.12 bits per heavy atom. The molecule has 1 N–H and O–H groups in total. The van der Waals surface area contributed by atoms with Gasteiger partial charge in [-0.25, -0.2) is 9.78 Å². The largest absolute Gasteiger partial charge is 0.328 e. The molecule has 0 radical (unpaired) electrons. The third kappa shape index (κ3) is 2.97. The van der Waals surface area contributed by atoms with Crippen molar-refractivity contribution in [1.82, 2.24) is 14.5 Å². The van der Waals surface area contributed by atoms with Gasteiger partial charge in [0.2, 0.25) is 0 Å². The second-order valence-electron chi connectivity index (χ2n) is 6.06. The third-order valence-electron chi connectivity index (χ3n) is 4.40. The summed E-state index contributed by atoms with van der Waals surface area (Å²) in [6.07, 6.45) is 6.36. The van der Waals surface area contributed by atoms with Gasteiger partial charge in [0, 0.05) is 23.2 Å². The van der Waals surface area contributed by atoms with E-state index in [4.69, 9.17) is 0 Å². The first-order valence-electron chi connectivity index (χ1n) is 8.05. The highest BCUT2D eigenvalue weighted by molar-refractivity contribution is 7.09. The zero-order valence-corrected chi connectivity index (χ0v) is 13.9. The number of hydrogen-bond acceptors (Lipinski definition) is 4. The normalized spacial score (nSPS) is 13.7. The van der Waals surface area contributed by atoms with E-state index in [0.717, 1.165) is 22.7 Å². The van der Waals surface area contributed by atoms with Crippen LogP contribution in [0.1, 0.15) is 29.0 Å². The Bertz CT molecular complexity index is 1000. The van der Waals surface area contributed by atoms with Crippen LogP contribution >= 0.6 is 11.3 Å². The minimum Gasteiger partial charge on any atom is -0.294 e. The summed E-state index contributed by atoms with van der Waals surface area (Å²) in [7, 11) is 0. The van der Waals surface area contributed by atoms with E-state index in [9.17, 15) is 9.59 Å². The summed E-state index contributed by atoms with van der Waals surface area (Å²) in [4.78, 5) is 29.8. The Morgan fingerprint density at radius 2 is 1.96 bits per heavy atom. The molecule has 1 aliphatic rings. The second-order valence-corrected chi connectivity index (χ2v) is 7.00. The molecule has 2 aromatic heterocycles. The molecule has 122 valence electrons. The molecule has 5 nitrogen and oxygen atoms in total. The zero-order chi connectivity index (χ0) is 16.5. The molecule has 0 amide bonds. The number of benzene rings is 1. The quantitative estimate of drug-likeness (QED) is 0.797. The van der Waals surface area contributed by atoms with Gasteiger partial charge < -0.3 is 0 Å². The molecule has 2 heterocycles. The number of thiazole rings is 1. The molecule has 0 spiro atoms. The van der Waals surface area contributed by atoms with Crippen molar-refractivity contribution >= 4 is 11.3 Å². The number of fused-ring (bicyclic) bond motifs is 1. The van der Waals surface area contributed by atoms with Crippen molar-refractivity contribution in [2.45, 2.75) is 32.2 Å². The van der Waals surface area contributed by atoms with Gasteiger partial charge >= 0.3 is 5.69 Å². The molecule has 0 aliphatic heterocycles. The summed E-state index contributed by atoms with van der Waals surface area (Å²) < 4.78 is 1.46. The molecule has 0 atom stereocenters. The number of H-pyrrole nitrogens is 1. The highest BCUT2D eigenvalue weighted by Gasteiger charge is 2.12. The molecule has 1 aromatic carbocycles. The number of aryl methyl sites for hydroxylation is 2. The summed E-state index contributed by atoms with van der Waals surface area (Å²) in [6, 6.07) is 7.95. The van der Waals surface area contributed by atoms with Crippen LogP contribution in [-0.4, -0.2) is 14.5 Å². The van der Waals surface area contributed by atoms with Crippen molar-refractivity contribution in [2.24, 2.45) is 0 Å². The van der Waals surface area contributed by atoms with Crippen LogP contribution in [-0.2, 0) is 19.4 Å². The van der Waals surface area contributed by atoms with Crippen molar-refractivity contribution in [1.29, 1.82) is 0 Å². The highest BCUT2D eigenvalue weighted by atomic mass is 32.1. The summed E-state index contributed by atoms with van der Waals surface area (Å²) >= 11 is 1.53. The Kier molecular flexibility index (Phi) is 3.90. The SMILES string of the molecule is O=c1ccn(Cc2nc(-c3ccc4c(c3)CCCC4)cs2)c(=O)[nH]1. The van der Waals surface area contributed by atoms with Gasteiger partial charge in [0.25, 0.3) is 5.56 Å². The summed E-state index contributed by atoms with van der Waals surface area (Å²) in [5.74, 6) is 0. The van der Waals surface area contributed by atoms with Crippen LogP contribution in [0.25, 0.3) is 11.3 Å². The summed E-state index contributed by atoms with van der Waals surface area (Å²) in [5, 5.41) is 2.87. The van der Waals surface area contributed by atoms with Crippen LogP contribution in [0.5, 0.6) is 0 Å². The first kappa shape index (κ1) is 15.1. The van der Waals surface area contributed by atoms with E-state index in [1.54, 1.807) is 0 Å². The number of nitrogens with zero attached hydrogens (tertiary/aromatic N) is 2. The van der Waals surface area contributed by atoms with Crippen molar-refractivity contribution in [3.05, 3.63) is 72.8 Å². The Balaban J connectivity index is 1.60. The third-order valence-corrected chi connectivity index (χ3v) is 5.23. The summed E-state index contributed by atoms with van der Waals surface area (Å²) in [5.41, 5.74) is 4.18. The van der Waals surface area contributed by atoms with E-state index >= 15 is 0 Å². The van der Waals surface area contributed by atoms with Crippen LogP contribution in [0.15, 0.2) is 45.4 Å². The molecule has 0 unspecified atom stereocenters. The lowest BCUT2D eigenvalue weighted by Gasteiger charge is -2.16. The lowest BCUT2D eigenvalue weighted by atomic mass is 9.90. The number of aromatic nitrogens is 3. The maximum atomic E-state index is 11.8. The smallest absolute Gasteiger partial charge is 0.294 e. The van der Waals surface area contributed by atoms with E-state index in [1.807, 2.05) is 5.38 Å². The molecule has 4 rings (SSSR count). The van der Waals surface area contributed by atoms with Gasteiger partial charge in [-0.2, -0.15) is 0 Å². The second kappa shape index (κ2) is 6.20. The zero-order valence-electron chi connectivity index (χ0n) is 13.1. The highest BCUT2D eigenvalue weighted by Crippen LogP contribution is 2.28. The molecular formula is C18H17N3O2S. The monoisotopic (exact) mass is 339 g/mol. The van der Waals surface area contributed by atoms with Crippen LogP contribution in [0.3, 0.4) is 0 Å². The Morgan fingerprint density at radius 3 is 2.79 bits per heavy atom. The van der Waals surface area contributed by atoms with E-state index in [-0.39, 0.29) is 5.56 Å². The fraction of sp³-hybridized carbons (Fsp3) is 0.278. The van der Waals surface area contributed by atoms with Gasteiger partial charge in [0.1, 0.15) is 5.01 Å². The Labute approximate surface area is 142 Å². The van der Waals surface area contributed by atoms with Crippen molar-refractivity contribution < 1.29 is 0 Å². The van der Waals surface area contributed by atoms with Gasteiger partial charge in [-0.3, -0.25) is 14.3 Å². The fourth-order valence-corrected chi connectivity index (χ4v) is 3.92. The number of hydrogen-bond donors (Lipinski definition) is 1. The molecule has 3 aromatic rings. The first-order chi connectivity index (χ1) is 11.7. The maximum absolute atomic E-state index is 11.8. The molecule has 0 saturated carbocycles.